The minimum absolute atomic E-state index is 0.365. The maximum absolute atomic E-state index is 4.84. The number of nitrogens with zero attached hydrogens (tertiary/aromatic N) is 6. The maximum Gasteiger partial charge on any atom is 0.161 e. The SMILES string of the molecule is Cc1cc(N2CCC(N[C@@H](C)Cn3cncn3)CC2)nc(-c2ccccc2)n1. The highest BCUT2D eigenvalue weighted by molar-refractivity contribution is 5.57. The molecule has 0 amide bonds. The van der Waals surface area contributed by atoms with E-state index in [2.05, 4.69) is 50.4 Å². The van der Waals surface area contributed by atoms with Crippen LogP contribution in [0.1, 0.15) is 25.5 Å². The molecule has 146 valence electrons. The van der Waals surface area contributed by atoms with Crippen molar-refractivity contribution in [2.45, 2.75) is 45.3 Å². The topological polar surface area (TPSA) is 71.8 Å². The molecule has 3 heterocycles. The summed E-state index contributed by atoms with van der Waals surface area (Å²) in [6, 6.07) is 13.2. The lowest BCUT2D eigenvalue weighted by Crippen LogP contribution is -2.46. The molecule has 1 aromatic carbocycles. The first-order valence-electron chi connectivity index (χ1n) is 9.92. The first kappa shape index (κ1) is 18.6. The Morgan fingerprint density at radius 3 is 2.64 bits per heavy atom. The van der Waals surface area contributed by atoms with Gasteiger partial charge in [-0.05, 0) is 26.7 Å². The molecule has 4 rings (SSSR count). The summed E-state index contributed by atoms with van der Waals surface area (Å²) >= 11 is 0. The molecule has 0 unspecified atom stereocenters. The maximum atomic E-state index is 4.84. The summed E-state index contributed by atoms with van der Waals surface area (Å²) in [5.41, 5.74) is 2.07. The smallest absolute Gasteiger partial charge is 0.161 e. The first-order valence-corrected chi connectivity index (χ1v) is 9.92. The van der Waals surface area contributed by atoms with Crippen LogP contribution in [0.5, 0.6) is 0 Å². The number of aryl methyl sites for hydroxylation is 1. The van der Waals surface area contributed by atoms with Gasteiger partial charge in [-0.3, -0.25) is 4.68 Å². The lowest BCUT2D eigenvalue weighted by Gasteiger charge is -2.34. The van der Waals surface area contributed by atoms with Crippen molar-refractivity contribution in [2.75, 3.05) is 18.0 Å². The second-order valence-electron chi connectivity index (χ2n) is 7.50. The minimum atomic E-state index is 0.365. The fourth-order valence-corrected chi connectivity index (χ4v) is 3.77. The van der Waals surface area contributed by atoms with Crippen molar-refractivity contribution in [1.82, 2.24) is 30.0 Å². The molecule has 2 aromatic heterocycles. The summed E-state index contributed by atoms with van der Waals surface area (Å²) in [6.45, 7) is 7.08. The van der Waals surface area contributed by atoms with Crippen molar-refractivity contribution in [2.24, 2.45) is 0 Å². The summed E-state index contributed by atoms with van der Waals surface area (Å²) in [5, 5.41) is 7.92. The van der Waals surface area contributed by atoms with E-state index in [1.165, 1.54) is 0 Å². The van der Waals surface area contributed by atoms with Gasteiger partial charge in [0.25, 0.3) is 0 Å². The van der Waals surface area contributed by atoms with E-state index in [9.17, 15) is 0 Å². The second kappa shape index (κ2) is 8.48. The van der Waals surface area contributed by atoms with E-state index in [1.54, 1.807) is 12.7 Å². The van der Waals surface area contributed by atoms with Gasteiger partial charge in [0.1, 0.15) is 18.5 Å². The van der Waals surface area contributed by atoms with Crippen LogP contribution in [0.3, 0.4) is 0 Å². The van der Waals surface area contributed by atoms with Crippen LogP contribution < -0.4 is 10.2 Å². The molecule has 0 radical (unpaired) electrons. The quantitative estimate of drug-likeness (QED) is 0.712. The van der Waals surface area contributed by atoms with Gasteiger partial charge >= 0.3 is 0 Å². The van der Waals surface area contributed by atoms with Crippen molar-refractivity contribution in [3.63, 3.8) is 0 Å². The van der Waals surface area contributed by atoms with Crippen LogP contribution in [0, 0.1) is 6.92 Å². The van der Waals surface area contributed by atoms with Gasteiger partial charge in [-0.25, -0.2) is 15.0 Å². The Morgan fingerprint density at radius 1 is 1.14 bits per heavy atom. The van der Waals surface area contributed by atoms with Crippen molar-refractivity contribution < 1.29 is 0 Å². The van der Waals surface area contributed by atoms with Crippen LogP contribution in [0.15, 0.2) is 49.1 Å². The van der Waals surface area contributed by atoms with E-state index in [-0.39, 0.29) is 0 Å². The molecule has 1 aliphatic rings. The molecule has 0 spiro atoms. The normalized spacial score (nSPS) is 16.3. The fraction of sp³-hybridized carbons (Fsp3) is 0.429. The monoisotopic (exact) mass is 377 g/mol. The number of hydrogen-bond donors (Lipinski definition) is 1. The van der Waals surface area contributed by atoms with Crippen molar-refractivity contribution >= 4 is 5.82 Å². The number of rotatable bonds is 6. The summed E-state index contributed by atoms with van der Waals surface area (Å²) in [6.07, 6.45) is 5.55. The Bertz CT molecular complexity index is 871. The van der Waals surface area contributed by atoms with Crippen molar-refractivity contribution in [3.05, 3.63) is 54.7 Å². The number of nitrogens with one attached hydrogen (secondary N) is 1. The Hall–Kier alpha value is -2.80. The zero-order valence-corrected chi connectivity index (χ0v) is 16.5. The molecule has 7 heteroatoms. The van der Waals surface area contributed by atoms with E-state index >= 15 is 0 Å². The van der Waals surface area contributed by atoms with Gasteiger partial charge in [-0.2, -0.15) is 5.10 Å². The third-order valence-electron chi connectivity index (χ3n) is 5.14. The third kappa shape index (κ3) is 4.54. The molecule has 0 aliphatic carbocycles. The van der Waals surface area contributed by atoms with Crippen LogP contribution in [-0.4, -0.2) is 49.9 Å². The molecule has 1 saturated heterocycles. The van der Waals surface area contributed by atoms with Crippen LogP contribution >= 0.6 is 0 Å². The molecule has 0 bridgehead atoms. The number of anilines is 1. The number of aromatic nitrogens is 5. The summed E-state index contributed by atoms with van der Waals surface area (Å²) < 4.78 is 1.88. The van der Waals surface area contributed by atoms with E-state index in [0.717, 1.165) is 55.4 Å². The summed E-state index contributed by atoms with van der Waals surface area (Å²) in [7, 11) is 0. The minimum Gasteiger partial charge on any atom is -0.356 e. The Kier molecular flexibility index (Phi) is 5.62. The molecular formula is C21H27N7. The van der Waals surface area contributed by atoms with Gasteiger partial charge in [0.05, 0.1) is 6.54 Å². The standard InChI is InChI=1S/C21H27N7/c1-16-12-20(26-21(25-16)18-6-4-3-5-7-18)27-10-8-19(9-11-27)24-17(2)13-28-15-22-14-23-28/h3-7,12,14-15,17,19,24H,8-11,13H2,1-2H3/t17-/m0/s1. The van der Waals surface area contributed by atoms with E-state index in [1.807, 2.05) is 29.8 Å². The largest absolute Gasteiger partial charge is 0.356 e. The summed E-state index contributed by atoms with van der Waals surface area (Å²) in [4.78, 5) is 15.8. The van der Waals surface area contributed by atoms with Crippen LogP contribution in [0.4, 0.5) is 5.82 Å². The number of piperidine rings is 1. The van der Waals surface area contributed by atoms with Crippen LogP contribution in [-0.2, 0) is 6.54 Å². The molecule has 1 aliphatic heterocycles. The van der Waals surface area contributed by atoms with Crippen LogP contribution in [0.25, 0.3) is 11.4 Å². The van der Waals surface area contributed by atoms with E-state index in [0.29, 0.717) is 12.1 Å². The van der Waals surface area contributed by atoms with Gasteiger partial charge in [0.15, 0.2) is 5.82 Å². The highest BCUT2D eigenvalue weighted by atomic mass is 15.3. The average Bonchev–Trinajstić information content (AvgIpc) is 3.21. The predicted molar refractivity (Wildman–Crippen MR) is 110 cm³/mol. The van der Waals surface area contributed by atoms with Crippen molar-refractivity contribution in [1.29, 1.82) is 0 Å². The predicted octanol–water partition coefficient (Wildman–Crippen LogP) is 2.69. The summed E-state index contributed by atoms with van der Waals surface area (Å²) in [5.74, 6) is 1.83. The fourth-order valence-electron chi connectivity index (χ4n) is 3.77. The number of benzene rings is 1. The highest BCUT2D eigenvalue weighted by Gasteiger charge is 2.22. The molecule has 3 aromatic rings. The van der Waals surface area contributed by atoms with Crippen LogP contribution in [0.2, 0.25) is 0 Å². The molecule has 7 nitrogen and oxygen atoms in total. The Labute approximate surface area is 165 Å². The lowest BCUT2D eigenvalue weighted by molar-refractivity contribution is 0.347. The molecule has 28 heavy (non-hydrogen) atoms. The molecule has 1 atom stereocenters. The number of hydrogen-bond acceptors (Lipinski definition) is 6. The van der Waals surface area contributed by atoms with Crippen molar-refractivity contribution in [3.8, 4) is 11.4 Å². The van der Waals surface area contributed by atoms with E-state index < -0.39 is 0 Å². The highest BCUT2D eigenvalue weighted by Crippen LogP contribution is 2.23. The zero-order valence-electron chi connectivity index (χ0n) is 16.5. The van der Waals surface area contributed by atoms with Gasteiger partial charge in [0.2, 0.25) is 0 Å². The van der Waals surface area contributed by atoms with E-state index in [4.69, 9.17) is 4.98 Å². The third-order valence-corrected chi connectivity index (χ3v) is 5.14. The van der Waals surface area contributed by atoms with Gasteiger partial charge in [-0.1, -0.05) is 30.3 Å². The molecule has 1 fully saturated rings. The molecular weight excluding hydrogens is 350 g/mol. The second-order valence-corrected chi connectivity index (χ2v) is 7.50. The molecule has 0 saturated carbocycles. The zero-order chi connectivity index (χ0) is 19.3. The average molecular weight is 377 g/mol. The Balaban J connectivity index is 1.36. The Morgan fingerprint density at radius 2 is 1.93 bits per heavy atom. The lowest BCUT2D eigenvalue weighted by atomic mass is 10.0. The van der Waals surface area contributed by atoms with Gasteiger partial charge in [-0.15, -0.1) is 0 Å². The first-order chi connectivity index (χ1) is 13.7. The molecule has 1 N–H and O–H groups in total. The van der Waals surface area contributed by atoms with Gasteiger partial charge < -0.3 is 10.2 Å². The van der Waals surface area contributed by atoms with Gasteiger partial charge in [0, 0.05) is 42.5 Å².